The second kappa shape index (κ2) is 6.69. The van der Waals surface area contributed by atoms with Crippen molar-refractivity contribution >= 4 is 33.1 Å². The van der Waals surface area contributed by atoms with Crippen LogP contribution in [-0.2, 0) is 0 Å². The maximum atomic E-state index is 12.9. The Morgan fingerprint density at radius 3 is 2.73 bits per heavy atom. The molecule has 0 bridgehead atoms. The summed E-state index contributed by atoms with van der Waals surface area (Å²) in [6.07, 6.45) is 1.69. The molecule has 4 nitrogen and oxygen atoms in total. The van der Waals surface area contributed by atoms with Crippen LogP contribution >= 0.6 is 11.3 Å². The van der Waals surface area contributed by atoms with Crippen LogP contribution in [0.3, 0.4) is 0 Å². The lowest BCUT2D eigenvalue weighted by atomic mass is 10.1. The first kappa shape index (κ1) is 16.4. The third kappa shape index (κ3) is 3.09. The Balaban J connectivity index is 1.73. The summed E-state index contributed by atoms with van der Waals surface area (Å²) in [5.41, 5.74) is 4.98. The largest absolute Gasteiger partial charge is 0.322 e. The zero-order valence-corrected chi connectivity index (χ0v) is 15.3. The lowest BCUT2D eigenvalue weighted by Crippen LogP contribution is -2.14. The lowest BCUT2D eigenvalue weighted by Gasteiger charge is -2.11. The Morgan fingerprint density at radius 1 is 1.04 bits per heavy atom. The smallest absolute Gasteiger partial charge is 0.257 e. The maximum absolute atomic E-state index is 12.9. The summed E-state index contributed by atoms with van der Waals surface area (Å²) < 4.78 is 1.08. The van der Waals surface area contributed by atoms with E-state index in [0.717, 1.165) is 32.0 Å². The highest BCUT2D eigenvalue weighted by atomic mass is 32.1. The van der Waals surface area contributed by atoms with Gasteiger partial charge in [0.2, 0.25) is 0 Å². The fraction of sp³-hybridized carbons (Fsp3) is 0.0952. The quantitative estimate of drug-likeness (QED) is 0.545. The van der Waals surface area contributed by atoms with Gasteiger partial charge in [-0.25, -0.2) is 4.98 Å². The van der Waals surface area contributed by atoms with E-state index in [1.54, 1.807) is 29.7 Å². The number of carbonyl (C=O) groups is 1. The van der Waals surface area contributed by atoms with Gasteiger partial charge < -0.3 is 5.32 Å². The van der Waals surface area contributed by atoms with Crippen molar-refractivity contribution in [2.45, 2.75) is 13.8 Å². The Bertz CT molecular complexity index is 1080. The van der Waals surface area contributed by atoms with Crippen LogP contribution in [0.15, 0.2) is 60.8 Å². The normalized spacial score (nSPS) is 10.8. The number of aromatic nitrogens is 2. The van der Waals surface area contributed by atoms with E-state index in [2.05, 4.69) is 15.3 Å². The summed E-state index contributed by atoms with van der Waals surface area (Å²) in [7, 11) is 0. The van der Waals surface area contributed by atoms with Gasteiger partial charge in [-0.2, -0.15) is 0 Å². The van der Waals surface area contributed by atoms with Crippen LogP contribution in [0.4, 0.5) is 5.69 Å². The molecule has 1 amide bonds. The summed E-state index contributed by atoms with van der Waals surface area (Å²) in [4.78, 5) is 22.0. The monoisotopic (exact) mass is 359 g/mol. The molecule has 0 aliphatic carbocycles. The van der Waals surface area contributed by atoms with Crippen LogP contribution in [0.5, 0.6) is 0 Å². The van der Waals surface area contributed by atoms with Crippen molar-refractivity contribution in [3.05, 3.63) is 77.5 Å². The fourth-order valence-electron chi connectivity index (χ4n) is 2.79. The molecule has 0 aliphatic heterocycles. The van der Waals surface area contributed by atoms with Crippen LogP contribution in [0.25, 0.3) is 20.9 Å². The fourth-order valence-corrected chi connectivity index (χ4v) is 3.77. The van der Waals surface area contributed by atoms with Gasteiger partial charge in [-0.3, -0.25) is 9.78 Å². The molecular weight excluding hydrogens is 342 g/mol. The van der Waals surface area contributed by atoms with E-state index in [4.69, 9.17) is 0 Å². The number of hydrogen-bond acceptors (Lipinski definition) is 4. The van der Waals surface area contributed by atoms with Crippen LogP contribution in [0.1, 0.15) is 21.5 Å². The number of nitrogens with zero attached hydrogens (tertiary/aromatic N) is 2. The summed E-state index contributed by atoms with van der Waals surface area (Å²) in [6.45, 7) is 3.98. The molecule has 0 saturated heterocycles. The highest BCUT2D eigenvalue weighted by molar-refractivity contribution is 7.21. The Hall–Kier alpha value is -3.05. The summed E-state index contributed by atoms with van der Waals surface area (Å²) in [5, 5.41) is 3.76. The maximum Gasteiger partial charge on any atom is 0.257 e. The molecule has 0 fully saturated rings. The third-order valence-corrected chi connectivity index (χ3v) is 5.23. The molecule has 0 atom stereocenters. The molecular formula is C21H17N3OS. The zero-order chi connectivity index (χ0) is 18.1. The van der Waals surface area contributed by atoms with Crippen LogP contribution in [-0.4, -0.2) is 15.9 Å². The standard InChI is InChI=1S/C21H17N3OS/c1-13-9-10-14(2)17(12-13)23-20(25)15-6-5-11-22-19(15)21-24-16-7-3-4-8-18(16)26-21/h3-12H,1-2H3,(H,23,25). The number of thiazole rings is 1. The van der Waals surface area contributed by atoms with E-state index >= 15 is 0 Å². The van der Waals surface area contributed by atoms with Crippen LogP contribution in [0, 0.1) is 13.8 Å². The molecule has 4 rings (SSSR count). The van der Waals surface area contributed by atoms with Crippen LogP contribution in [0.2, 0.25) is 0 Å². The van der Waals surface area contributed by atoms with Gasteiger partial charge in [-0.15, -0.1) is 11.3 Å². The Labute approximate surface area is 155 Å². The summed E-state index contributed by atoms with van der Waals surface area (Å²) in [5.74, 6) is -0.180. The minimum Gasteiger partial charge on any atom is -0.322 e. The van der Waals surface area contributed by atoms with Crippen molar-refractivity contribution in [3.63, 3.8) is 0 Å². The van der Waals surface area contributed by atoms with Gasteiger partial charge in [-0.05, 0) is 55.3 Å². The first-order valence-electron chi connectivity index (χ1n) is 8.31. The number of amides is 1. The summed E-state index contributed by atoms with van der Waals surface area (Å²) >= 11 is 1.54. The molecule has 0 radical (unpaired) electrons. The molecule has 2 heterocycles. The van der Waals surface area contributed by atoms with E-state index in [1.165, 1.54) is 0 Å². The average molecular weight is 359 g/mol. The number of pyridine rings is 1. The van der Waals surface area contributed by atoms with Crippen molar-refractivity contribution < 1.29 is 4.79 Å². The molecule has 5 heteroatoms. The number of rotatable bonds is 3. The molecule has 2 aromatic heterocycles. The lowest BCUT2D eigenvalue weighted by molar-refractivity contribution is 0.102. The van der Waals surface area contributed by atoms with E-state index in [1.807, 2.05) is 56.3 Å². The Morgan fingerprint density at radius 2 is 1.88 bits per heavy atom. The molecule has 128 valence electrons. The number of aryl methyl sites for hydroxylation is 2. The van der Waals surface area contributed by atoms with Gasteiger partial charge in [0.1, 0.15) is 10.7 Å². The SMILES string of the molecule is Cc1ccc(C)c(NC(=O)c2cccnc2-c2nc3ccccc3s2)c1. The number of anilines is 1. The highest BCUT2D eigenvalue weighted by Gasteiger charge is 2.17. The second-order valence-corrected chi connectivity index (χ2v) is 7.19. The molecule has 0 aliphatic rings. The minimum atomic E-state index is -0.180. The van der Waals surface area contributed by atoms with Gasteiger partial charge in [0, 0.05) is 11.9 Å². The first-order chi connectivity index (χ1) is 12.6. The average Bonchev–Trinajstić information content (AvgIpc) is 3.09. The number of carbonyl (C=O) groups excluding carboxylic acids is 1. The van der Waals surface area contributed by atoms with Gasteiger partial charge in [-0.1, -0.05) is 24.3 Å². The Kier molecular flexibility index (Phi) is 4.22. The van der Waals surface area contributed by atoms with Crippen molar-refractivity contribution in [1.29, 1.82) is 0 Å². The van der Waals surface area contributed by atoms with Crippen molar-refractivity contribution in [1.82, 2.24) is 9.97 Å². The van der Waals surface area contributed by atoms with Gasteiger partial charge >= 0.3 is 0 Å². The molecule has 26 heavy (non-hydrogen) atoms. The van der Waals surface area contributed by atoms with E-state index in [9.17, 15) is 4.79 Å². The predicted octanol–water partition coefficient (Wildman–Crippen LogP) is 5.23. The van der Waals surface area contributed by atoms with Gasteiger partial charge in [0.15, 0.2) is 0 Å². The molecule has 2 aromatic carbocycles. The van der Waals surface area contributed by atoms with Crippen LogP contribution < -0.4 is 5.32 Å². The molecule has 0 saturated carbocycles. The van der Waals surface area contributed by atoms with E-state index in [0.29, 0.717) is 11.3 Å². The van der Waals surface area contributed by atoms with E-state index in [-0.39, 0.29) is 5.91 Å². The van der Waals surface area contributed by atoms with Gasteiger partial charge in [0.25, 0.3) is 5.91 Å². The molecule has 0 spiro atoms. The zero-order valence-electron chi connectivity index (χ0n) is 14.5. The topological polar surface area (TPSA) is 54.9 Å². The number of para-hydroxylation sites is 1. The number of benzene rings is 2. The van der Waals surface area contributed by atoms with E-state index < -0.39 is 0 Å². The van der Waals surface area contributed by atoms with Crippen molar-refractivity contribution in [3.8, 4) is 10.7 Å². The molecule has 4 aromatic rings. The number of hydrogen-bond donors (Lipinski definition) is 1. The number of fused-ring (bicyclic) bond motifs is 1. The number of nitrogens with one attached hydrogen (secondary N) is 1. The van der Waals surface area contributed by atoms with Gasteiger partial charge in [0.05, 0.1) is 15.8 Å². The minimum absolute atomic E-state index is 0.180. The third-order valence-electron chi connectivity index (χ3n) is 4.19. The van der Waals surface area contributed by atoms with Crippen molar-refractivity contribution in [2.75, 3.05) is 5.32 Å². The second-order valence-electron chi connectivity index (χ2n) is 6.16. The summed E-state index contributed by atoms with van der Waals surface area (Å²) in [6, 6.07) is 17.5. The molecule has 0 unspecified atom stereocenters. The molecule has 1 N–H and O–H groups in total. The highest BCUT2D eigenvalue weighted by Crippen LogP contribution is 2.31. The van der Waals surface area contributed by atoms with Crippen molar-refractivity contribution in [2.24, 2.45) is 0 Å². The predicted molar refractivity (Wildman–Crippen MR) is 107 cm³/mol. The first-order valence-corrected chi connectivity index (χ1v) is 9.13.